The van der Waals surface area contributed by atoms with Crippen LogP contribution in [-0.2, 0) is 12.0 Å². The van der Waals surface area contributed by atoms with Gasteiger partial charge in [0.2, 0.25) is 5.89 Å². The first kappa shape index (κ1) is 18.5. The van der Waals surface area contributed by atoms with Crippen LogP contribution in [0.3, 0.4) is 0 Å². The van der Waals surface area contributed by atoms with Gasteiger partial charge in [0, 0.05) is 36.1 Å². The largest absolute Gasteiger partial charge is 0.349 e. The first-order valence-electron chi connectivity index (χ1n) is 9.34. The van der Waals surface area contributed by atoms with E-state index in [1.807, 2.05) is 7.05 Å². The Morgan fingerprint density at radius 2 is 2.08 bits per heavy atom. The molecule has 1 aliphatic carbocycles. The van der Waals surface area contributed by atoms with Crippen LogP contribution in [0.25, 0.3) is 0 Å². The van der Waals surface area contributed by atoms with Crippen molar-refractivity contribution in [3.05, 3.63) is 11.7 Å². The standard InChI is InChI=1S/C18H31N5OS/c1-17(2,3)15-21-14(22-24-15)12-20-16(19-4)23-10-11-25-18(13-23)8-6-5-7-9-18/h5-13H2,1-4H3,(H,19,20). The Hall–Kier alpha value is -1.24. The number of thioether (sulfide) groups is 1. The van der Waals surface area contributed by atoms with Gasteiger partial charge in [-0.3, -0.25) is 4.99 Å². The summed E-state index contributed by atoms with van der Waals surface area (Å²) in [5.41, 5.74) is -0.121. The Morgan fingerprint density at radius 3 is 2.72 bits per heavy atom. The van der Waals surface area contributed by atoms with E-state index < -0.39 is 0 Å². The highest BCUT2D eigenvalue weighted by Crippen LogP contribution is 2.42. The first-order chi connectivity index (χ1) is 11.9. The Kier molecular flexibility index (Phi) is 5.61. The summed E-state index contributed by atoms with van der Waals surface area (Å²) in [6.45, 7) is 8.91. The van der Waals surface area contributed by atoms with Crippen molar-refractivity contribution in [2.45, 2.75) is 69.6 Å². The number of rotatable bonds is 2. The van der Waals surface area contributed by atoms with Crippen molar-refractivity contribution in [2.24, 2.45) is 4.99 Å². The van der Waals surface area contributed by atoms with Crippen molar-refractivity contribution in [1.29, 1.82) is 0 Å². The zero-order valence-electron chi connectivity index (χ0n) is 16.0. The van der Waals surface area contributed by atoms with Gasteiger partial charge in [0.1, 0.15) is 0 Å². The van der Waals surface area contributed by atoms with Crippen LogP contribution >= 0.6 is 11.8 Å². The van der Waals surface area contributed by atoms with Gasteiger partial charge in [-0.2, -0.15) is 16.7 Å². The van der Waals surface area contributed by atoms with Crippen molar-refractivity contribution in [2.75, 3.05) is 25.9 Å². The molecule has 0 aromatic carbocycles. The number of nitrogens with zero attached hydrogens (tertiary/aromatic N) is 4. The summed E-state index contributed by atoms with van der Waals surface area (Å²) in [4.78, 5) is 11.4. The average Bonchev–Trinajstić information content (AvgIpc) is 3.06. The third kappa shape index (κ3) is 4.49. The molecule has 0 unspecified atom stereocenters. The van der Waals surface area contributed by atoms with Crippen LogP contribution in [0.1, 0.15) is 64.6 Å². The first-order valence-corrected chi connectivity index (χ1v) is 10.3. The van der Waals surface area contributed by atoms with Crippen LogP contribution in [-0.4, -0.2) is 51.6 Å². The van der Waals surface area contributed by atoms with Crippen LogP contribution in [0.5, 0.6) is 0 Å². The van der Waals surface area contributed by atoms with Crippen molar-refractivity contribution < 1.29 is 4.52 Å². The fraction of sp³-hybridized carbons (Fsp3) is 0.833. The number of guanidine groups is 1. The van der Waals surface area contributed by atoms with Crippen molar-refractivity contribution in [1.82, 2.24) is 20.4 Å². The lowest BCUT2D eigenvalue weighted by Crippen LogP contribution is -2.53. The molecule has 0 amide bonds. The summed E-state index contributed by atoms with van der Waals surface area (Å²) < 4.78 is 5.80. The van der Waals surface area contributed by atoms with Crippen molar-refractivity contribution >= 4 is 17.7 Å². The van der Waals surface area contributed by atoms with Gasteiger partial charge in [-0.1, -0.05) is 45.2 Å². The zero-order valence-corrected chi connectivity index (χ0v) is 16.8. The van der Waals surface area contributed by atoms with Crippen LogP contribution in [0.15, 0.2) is 9.52 Å². The highest BCUT2D eigenvalue weighted by atomic mass is 32.2. The predicted octanol–water partition coefficient (Wildman–Crippen LogP) is 3.19. The van der Waals surface area contributed by atoms with Gasteiger partial charge in [0.25, 0.3) is 0 Å². The second-order valence-electron chi connectivity index (χ2n) is 8.18. The highest BCUT2D eigenvalue weighted by molar-refractivity contribution is 8.00. The number of aliphatic imine (C=N–C) groups is 1. The molecule has 1 aromatic rings. The maximum Gasteiger partial charge on any atom is 0.232 e. The number of hydrogen-bond acceptors (Lipinski definition) is 5. The van der Waals surface area contributed by atoms with E-state index in [2.05, 4.69) is 57.9 Å². The molecule has 0 bridgehead atoms. The molecule has 7 heteroatoms. The van der Waals surface area contributed by atoms with E-state index in [0.29, 0.717) is 23.0 Å². The molecule has 0 radical (unpaired) electrons. The Balaban J connectivity index is 1.60. The summed E-state index contributed by atoms with van der Waals surface area (Å²) in [5.74, 6) is 3.49. The third-order valence-corrected chi connectivity index (χ3v) is 6.58. The smallest absolute Gasteiger partial charge is 0.232 e. The summed E-state index contributed by atoms with van der Waals surface area (Å²) >= 11 is 2.17. The molecule has 1 saturated heterocycles. The molecule has 2 fully saturated rings. The maximum atomic E-state index is 5.37. The summed E-state index contributed by atoms with van der Waals surface area (Å²) in [6.07, 6.45) is 6.80. The van der Waals surface area contributed by atoms with Gasteiger partial charge in [-0.05, 0) is 12.8 Å². The lowest BCUT2D eigenvalue weighted by atomic mass is 9.87. The van der Waals surface area contributed by atoms with Gasteiger partial charge in [0.05, 0.1) is 6.54 Å². The van der Waals surface area contributed by atoms with Crippen LogP contribution in [0, 0.1) is 0 Å². The van der Waals surface area contributed by atoms with Gasteiger partial charge in [-0.15, -0.1) is 0 Å². The van der Waals surface area contributed by atoms with Gasteiger partial charge in [-0.25, -0.2) is 0 Å². The zero-order chi connectivity index (χ0) is 17.9. The minimum absolute atomic E-state index is 0.121. The van der Waals surface area contributed by atoms with E-state index in [4.69, 9.17) is 4.52 Å². The van der Waals surface area contributed by atoms with E-state index in [-0.39, 0.29) is 5.41 Å². The van der Waals surface area contributed by atoms with Crippen molar-refractivity contribution in [3.63, 3.8) is 0 Å². The second kappa shape index (κ2) is 7.56. The molecule has 6 nitrogen and oxygen atoms in total. The molecular weight excluding hydrogens is 334 g/mol. The molecule has 1 spiro atoms. The SMILES string of the molecule is CN=C(NCc1noc(C(C)(C)C)n1)N1CCSC2(CCCCC2)C1. The maximum absolute atomic E-state index is 5.37. The van der Waals surface area contributed by atoms with Gasteiger partial charge in [0.15, 0.2) is 11.8 Å². The molecular formula is C18H31N5OS. The molecule has 140 valence electrons. The minimum atomic E-state index is -0.121. The monoisotopic (exact) mass is 365 g/mol. The fourth-order valence-electron chi connectivity index (χ4n) is 3.65. The normalized spacial score (nSPS) is 21.6. The molecule has 25 heavy (non-hydrogen) atoms. The summed E-state index contributed by atoms with van der Waals surface area (Å²) in [7, 11) is 1.86. The number of nitrogens with one attached hydrogen (secondary N) is 1. The molecule has 1 saturated carbocycles. The quantitative estimate of drug-likeness (QED) is 0.641. The average molecular weight is 366 g/mol. The molecule has 2 aliphatic rings. The Labute approximate surface area is 155 Å². The molecule has 1 N–H and O–H groups in total. The van der Waals surface area contributed by atoms with Crippen molar-refractivity contribution in [3.8, 4) is 0 Å². The Bertz CT molecular complexity index is 595. The predicted molar refractivity (Wildman–Crippen MR) is 103 cm³/mol. The third-order valence-electron chi connectivity index (χ3n) is 5.04. The van der Waals surface area contributed by atoms with Crippen LogP contribution in [0.2, 0.25) is 0 Å². The topological polar surface area (TPSA) is 66.5 Å². The number of hydrogen-bond donors (Lipinski definition) is 1. The molecule has 1 aliphatic heterocycles. The van der Waals surface area contributed by atoms with E-state index in [9.17, 15) is 0 Å². The van der Waals surface area contributed by atoms with E-state index in [1.165, 1.54) is 37.9 Å². The van der Waals surface area contributed by atoms with Gasteiger partial charge < -0.3 is 14.7 Å². The van der Waals surface area contributed by atoms with E-state index in [1.54, 1.807) is 0 Å². The van der Waals surface area contributed by atoms with E-state index in [0.717, 1.165) is 19.0 Å². The fourth-order valence-corrected chi connectivity index (χ4v) is 5.21. The summed E-state index contributed by atoms with van der Waals surface area (Å²) in [5, 5.41) is 7.51. The van der Waals surface area contributed by atoms with E-state index >= 15 is 0 Å². The number of aromatic nitrogens is 2. The molecule has 0 atom stereocenters. The lowest BCUT2D eigenvalue weighted by Gasteiger charge is -2.45. The minimum Gasteiger partial charge on any atom is -0.349 e. The van der Waals surface area contributed by atoms with Crippen LogP contribution in [0.4, 0.5) is 0 Å². The molecule has 1 aromatic heterocycles. The van der Waals surface area contributed by atoms with Crippen LogP contribution < -0.4 is 5.32 Å². The Morgan fingerprint density at radius 1 is 1.32 bits per heavy atom. The second-order valence-corrected chi connectivity index (χ2v) is 9.74. The molecule has 2 heterocycles. The molecule has 3 rings (SSSR count). The summed E-state index contributed by atoms with van der Waals surface area (Å²) in [6, 6.07) is 0. The highest BCUT2D eigenvalue weighted by Gasteiger charge is 2.38. The van der Waals surface area contributed by atoms with Gasteiger partial charge >= 0.3 is 0 Å². The lowest BCUT2D eigenvalue weighted by molar-refractivity contribution is 0.292.